The third-order valence-corrected chi connectivity index (χ3v) is 6.61. The topological polar surface area (TPSA) is 47.6 Å². The van der Waals surface area contributed by atoms with Crippen molar-refractivity contribution in [1.82, 2.24) is 5.32 Å². The Morgan fingerprint density at radius 2 is 1.73 bits per heavy atom. The van der Waals surface area contributed by atoms with E-state index >= 15 is 0 Å². The van der Waals surface area contributed by atoms with E-state index in [0.717, 1.165) is 16.0 Å². The molecular weight excluding hydrogens is 418 g/mol. The monoisotopic (exact) mass is 439 g/mol. The fraction of sp³-hybridized carbons (Fsp3) is 0.208. The highest BCUT2D eigenvalue weighted by molar-refractivity contribution is 7.99. The number of hydrogen-bond acceptors (Lipinski definition) is 4. The second-order valence-electron chi connectivity index (χ2n) is 7.04. The number of carbonyl (C=O) groups is 1. The van der Waals surface area contributed by atoms with Gasteiger partial charge < -0.3 is 14.8 Å². The number of ether oxygens (including phenoxy) is 2. The molecule has 4 nitrogen and oxygen atoms in total. The van der Waals surface area contributed by atoms with Gasteiger partial charge in [0.15, 0.2) is 11.5 Å². The van der Waals surface area contributed by atoms with Crippen LogP contribution in [0.25, 0.3) is 0 Å². The van der Waals surface area contributed by atoms with Crippen molar-refractivity contribution >= 4 is 29.3 Å². The number of halogens is 1. The van der Waals surface area contributed by atoms with E-state index in [0.29, 0.717) is 29.5 Å². The Morgan fingerprint density at radius 3 is 2.53 bits per heavy atom. The van der Waals surface area contributed by atoms with Gasteiger partial charge in [0.25, 0.3) is 0 Å². The molecule has 1 aliphatic rings. The molecule has 0 spiro atoms. The van der Waals surface area contributed by atoms with Crippen LogP contribution in [0.4, 0.5) is 0 Å². The number of amides is 1. The van der Waals surface area contributed by atoms with Crippen LogP contribution < -0.4 is 14.8 Å². The molecule has 3 aromatic carbocycles. The first-order valence-corrected chi connectivity index (χ1v) is 10.8. The average Bonchev–Trinajstić information content (AvgIpc) is 2.77. The van der Waals surface area contributed by atoms with Gasteiger partial charge in [0.05, 0.1) is 14.2 Å². The summed E-state index contributed by atoms with van der Waals surface area (Å²) in [5.41, 5.74) is 3.22. The molecule has 0 radical (unpaired) electrons. The molecule has 0 saturated heterocycles. The van der Waals surface area contributed by atoms with Gasteiger partial charge in [0.1, 0.15) is 0 Å². The van der Waals surface area contributed by atoms with E-state index < -0.39 is 0 Å². The Morgan fingerprint density at radius 1 is 0.967 bits per heavy atom. The van der Waals surface area contributed by atoms with E-state index in [1.54, 1.807) is 26.0 Å². The highest BCUT2D eigenvalue weighted by Gasteiger charge is 2.28. The Hall–Kier alpha value is -2.63. The van der Waals surface area contributed by atoms with Crippen molar-refractivity contribution in [3.63, 3.8) is 0 Å². The molecule has 1 N–H and O–H groups in total. The van der Waals surface area contributed by atoms with Crippen molar-refractivity contribution in [3.8, 4) is 11.5 Å². The van der Waals surface area contributed by atoms with Gasteiger partial charge in [-0.1, -0.05) is 47.6 Å². The smallest absolute Gasteiger partial charge is 0.221 e. The molecule has 4 rings (SSSR count). The summed E-state index contributed by atoms with van der Waals surface area (Å²) in [4.78, 5) is 15.2. The molecule has 0 aliphatic carbocycles. The molecule has 6 heteroatoms. The standard InChI is InChI=1S/C24H22ClNO3S/c1-28-20-9-7-15(11-21(20)29-2)14-26-24(27)13-18-17-5-3-4-6-22(17)30-23-10-8-16(25)12-19(18)23/h3-12,18H,13-14H2,1-2H3,(H,26,27)/t18-/m1/s1. The number of hydrogen-bond donors (Lipinski definition) is 1. The first-order chi connectivity index (χ1) is 14.6. The van der Waals surface area contributed by atoms with Crippen LogP contribution in [-0.2, 0) is 11.3 Å². The lowest BCUT2D eigenvalue weighted by molar-refractivity contribution is -0.121. The Kier molecular flexibility index (Phi) is 6.21. The SMILES string of the molecule is COc1ccc(CNC(=O)C[C@@H]2c3ccccc3Sc3ccc(Cl)cc32)cc1OC. The molecule has 0 aromatic heterocycles. The second-order valence-corrected chi connectivity index (χ2v) is 8.57. The molecule has 0 bridgehead atoms. The maximum absolute atomic E-state index is 12.9. The zero-order valence-electron chi connectivity index (χ0n) is 16.8. The Labute approximate surface area is 185 Å². The molecule has 1 amide bonds. The summed E-state index contributed by atoms with van der Waals surface area (Å²) in [6, 6.07) is 19.8. The number of carbonyl (C=O) groups excluding carboxylic acids is 1. The molecule has 1 heterocycles. The molecule has 0 unspecified atom stereocenters. The molecule has 3 aromatic rings. The van der Waals surface area contributed by atoms with E-state index in [-0.39, 0.29) is 11.8 Å². The molecule has 154 valence electrons. The predicted molar refractivity (Wildman–Crippen MR) is 120 cm³/mol. The minimum atomic E-state index is -0.0263. The normalized spacial score (nSPS) is 14.4. The van der Waals surface area contributed by atoms with Gasteiger partial charge >= 0.3 is 0 Å². The van der Waals surface area contributed by atoms with Crippen molar-refractivity contribution in [1.29, 1.82) is 0 Å². The Bertz CT molecular complexity index is 1090. The van der Waals surface area contributed by atoms with E-state index in [1.165, 1.54) is 10.5 Å². The number of nitrogens with one attached hydrogen (secondary N) is 1. The average molecular weight is 440 g/mol. The first-order valence-electron chi connectivity index (χ1n) is 9.63. The van der Waals surface area contributed by atoms with Crippen molar-refractivity contribution < 1.29 is 14.3 Å². The summed E-state index contributed by atoms with van der Waals surface area (Å²) in [6.07, 6.45) is 0.359. The van der Waals surface area contributed by atoms with Crippen LogP contribution >= 0.6 is 23.4 Å². The maximum Gasteiger partial charge on any atom is 0.221 e. The van der Waals surface area contributed by atoms with Gasteiger partial charge in [0, 0.05) is 33.7 Å². The van der Waals surface area contributed by atoms with Gasteiger partial charge in [-0.15, -0.1) is 0 Å². The summed E-state index contributed by atoms with van der Waals surface area (Å²) in [5, 5.41) is 3.72. The fourth-order valence-electron chi connectivity index (χ4n) is 3.70. The van der Waals surface area contributed by atoms with Crippen molar-refractivity contribution in [2.75, 3.05) is 14.2 Å². The largest absolute Gasteiger partial charge is 0.493 e. The van der Waals surface area contributed by atoms with Crippen molar-refractivity contribution in [2.24, 2.45) is 0 Å². The van der Waals surface area contributed by atoms with E-state index in [4.69, 9.17) is 21.1 Å². The van der Waals surface area contributed by atoms with Crippen LogP contribution in [0.5, 0.6) is 11.5 Å². The van der Waals surface area contributed by atoms with Gasteiger partial charge in [-0.05, 0) is 53.1 Å². The molecular formula is C24H22ClNO3S. The van der Waals surface area contributed by atoms with Crippen LogP contribution in [0.2, 0.25) is 5.02 Å². The molecule has 0 saturated carbocycles. The number of benzene rings is 3. The lowest BCUT2D eigenvalue weighted by Crippen LogP contribution is -2.25. The third-order valence-electron chi connectivity index (χ3n) is 5.19. The van der Waals surface area contributed by atoms with Gasteiger partial charge in [0.2, 0.25) is 5.91 Å². The van der Waals surface area contributed by atoms with Crippen LogP contribution in [0.3, 0.4) is 0 Å². The quantitative estimate of drug-likeness (QED) is 0.538. The zero-order chi connectivity index (χ0) is 21.1. The van der Waals surface area contributed by atoms with E-state index in [1.807, 2.05) is 48.5 Å². The van der Waals surface area contributed by atoms with Crippen LogP contribution in [0.1, 0.15) is 29.0 Å². The molecule has 1 atom stereocenters. The highest BCUT2D eigenvalue weighted by atomic mass is 35.5. The predicted octanol–water partition coefficient (Wildman–Crippen LogP) is 5.66. The van der Waals surface area contributed by atoms with Crippen LogP contribution in [0, 0.1) is 0 Å². The lowest BCUT2D eigenvalue weighted by atomic mass is 9.87. The summed E-state index contributed by atoms with van der Waals surface area (Å²) in [7, 11) is 3.20. The van der Waals surface area contributed by atoms with Gasteiger partial charge in [-0.2, -0.15) is 0 Å². The van der Waals surface area contributed by atoms with Crippen LogP contribution in [0.15, 0.2) is 70.5 Å². The highest BCUT2D eigenvalue weighted by Crippen LogP contribution is 2.47. The minimum absolute atomic E-state index is 0.0117. The summed E-state index contributed by atoms with van der Waals surface area (Å²) < 4.78 is 10.6. The minimum Gasteiger partial charge on any atom is -0.493 e. The second kappa shape index (κ2) is 9.02. The molecule has 0 fully saturated rings. The van der Waals surface area contributed by atoms with Crippen LogP contribution in [-0.4, -0.2) is 20.1 Å². The van der Waals surface area contributed by atoms with Gasteiger partial charge in [-0.25, -0.2) is 0 Å². The maximum atomic E-state index is 12.9. The van der Waals surface area contributed by atoms with E-state index in [9.17, 15) is 4.79 Å². The first kappa shape index (κ1) is 20.6. The summed E-state index contributed by atoms with van der Waals surface area (Å²) in [6.45, 7) is 0.421. The number of fused-ring (bicyclic) bond motifs is 2. The third kappa shape index (κ3) is 4.27. The molecule has 1 aliphatic heterocycles. The number of rotatable bonds is 6. The Balaban J connectivity index is 1.52. The van der Waals surface area contributed by atoms with Crippen molar-refractivity contribution in [2.45, 2.75) is 28.7 Å². The summed E-state index contributed by atoms with van der Waals surface area (Å²) >= 11 is 7.99. The zero-order valence-corrected chi connectivity index (χ0v) is 18.3. The molecule has 30 heavy (non-hydrogen) atoms. The van der Waals surface area contributed by atoms with E-state index in [2.05, 4.69) is 17.4 Å². The summed E-state index contributed by atoms with van der Waals surface area (Å²) in [5.74, 6) is 1.27. The lowest BCUT2D eigenvalue weighted by Gasteiger charge is -2.27. The van der Waals surface area contributed by atoms with Crippen molar-refractivity contribution in [3.05, 3.63) is 82.4 Å². The number of methoxy groups -OCH3 is 2. The fourth-order valence-corrected chi connectivity index (χ4v) is 5.05. The van der Waals surface area contributed by atoms with Gasteiger partial charge in [-0.3, -0.25) is 4.79 Å².